The summed E-state index contributed by atoms with van der Waals surface area (Å²) in [6, 6.07) is 7.80. The number of carbonyl (C=O) groups is 1. The third-order valence-electron chi connectivity index (χ3n) is 3.80. The highest BCUT2D eigenvalue weighted by Gasteiger charge is 2.46. The minimum atomic E-state index is -0.616. The topological polar surface area (TPSA) is 42.9 Å². The number of hydrogen-bond donors (Lipinski definition) is 0. The molecule has 3 heterocycles. The van der Waals surface area contributed by atoms with E-state index in [0.717, 1.165) is 23.0 Å². The lowest BCUT2D eigenvalue weighted by molar-refractivity contribution is -0.111. The first kappa shape index (κ1) is 13.1. The normalized spacial score (nSPS) is 25.2. The van der Waals surface area contributed by atoms with Crippen molar-refractivity contribution in [2.24, 2.45) is 0 Å². The van der Waals surface area contributed by atoms with Crippen molar-refractivity contribution in [2.75, 3.05) is 0 Å². The average Bonchev–Trinajstić information content (AvgIpc) is 2.86. The molecule has 2 unspecified atom stereocenters. The molecule has 1 aliphatic heterocycles. The van der Waals surface area contributed by atoms with E-state index in [1.54, 1.807) is 36.5 Å². The molecule has 0 aliphatic carbocycles. The number of hydrogen-bond acceptors (Lipinski definition) is 4. The van der Waals surface area contributed by atoms with Gasteiger partial charge in [0.15, 0.2) is 0 Å². The van der Waals surface area contributed by atoms with Crippen LogP contribution in [0.3, 0.4) is 0 Å². The smallest absolute Gasteiger partial charge is 0.136 e. The number of allylic oxidation sites excluding steroid dienone is 1. The van der Waals surface area contributed by atoms with Crippen LogP contribution in [-0.4, -0.2) is 16.3 Å². The second kappa shape index (κ2) is 5.21. The summed E-state index contributed by atoms with van der Waals surface area (Å²) in [7, 11) is 0. The van der Waals surface area contributed by atoms with Crippen molar-refractivity contribution in [3.8, 4) is 0 Å². The zero-order valence-corrected chi connectivity index (χ0v) is 11.9. The van der Waals surface area contributed by atoms with Crippen molar-refractivity contribution in [3.63, 3.8) is 0 Å². The van der Waals surface area contributed by atoms with Gasteiger partial charge in [-0.2, -0.15) is 0 Å². The van der Waals surface area contributed by atoms with Gasteiger partial charge in [-0.3, -0.25) is 9.97 Å². The number of aldehydes is 1. The Bertz CT molecular complexity index is 642. The van der Waals surface area contributed by atoms with Crippen molar-refractivity contribution in [1.82, 2.24) is 9.97 Å². The molecule has 0 fully saturated rings. The van der Waals surface area contributed by atoms with Crippen LogP contribution in [0, 0.1) is 0 Å². The zero-order chi connectivity index (χ0) is 14.0. The maximum atomic E-state index is 12.0. The fourth-order valence-corrected chi connectivity index (χ4v) is 4.13. The van der Waals surface area contributed by atoms with Crippen molar-refractivity contribution in [1.29, 1.82) is 0 Å². The predicted molar refractivity (Wildman–Crippen MR) is 80.3 cm³/mol. The molecule has 2 aromatic heterocycles. The molecule has 2 atom stereocenters. The first-order valence-electron chi connectivity index (χ1n) is 6.38. The second-order valence-electron chi connectivity index (χ2n) is 4.82. The van der Waals surface area contributed by atoms with Crippen LogP contribution in [0.2, 0.25) is 0 Å². The molecular weight excluding hydrogens is 268 g/mol. The molecule has 4 heteroatoms. The lowest BCUT2D eigenvalue weighted by Gasteiger charge is -2.32. The Morgan fingerprint density at radius 1 is 1.10 bits per heavy atom. The minimum Gasteiger partial charge on any atom is -0.302 e. The van der Waals surface area contributed by atoms with Crippen LogP contribution in [-0.2, 0) is 10.2 Å². The van der Waals surface area contributed by atoms with Crippen molar-refractivity contribution >= 4 is 18.0 Å². The number of carbonyl (C=O) groups excluding carboxylic acids is 1. The molecule has 0 spiro atoms. The molecule has 20 heavy (non-hydrogen) atoms. The Balaban J connectivity index is 2.15. The van der Waals surface area contributed by atoms with Crippen LogP contribution >= 0.6 is 11.8 Å². The summed E-state index contributed by atoms with van der Waals surface area (Å²) in [5.41, 5.74) is 2.56. The van der Waals surface area contributed by atoms with Gasteiger partial charge in [0.25, 0.3) is 0 Å². The molecule has 0 radical (unpaired) electrons. The number of aromatic nitrogens is 2. The summed E-state index contributed by atoms with van der Waals surface area (Å²) in [6.07, 6.45) is 8.08. The van der Waals surface area contributed by atoms with E-state index in [1.165, 1.54) is 0 Å². The van der Waals surface area contributed by atoms with Crippen LogP contribution in [0.15, 0.2) is 60.0 Å². The second-order valence-corrected chi connectivity index (χ2v) is 5.80. The van der Waals surface area contributed by atoms with E-state index in [-0.39, 0.29) is 5.25 Å². The lowest BCUT2D eigenvalue weighted by Crippen LogP contribution is -2.32. The Kier molecular flexibility index (Phi) is 3.40. The summed E-state index contributed by atoms with van der Waals surface area (Å²) >= 11 is 1.69. The van der Waals surface area contributed by atoms with E-state index in [9.17, 15) is 4.79 Å². The zero-order valence-electron chi connectivity index (χ0n) is 11.1. The maximum absolute atomic E-state index is 12.0. The van der Waals surface area contributed by atoms with E-state index in [1.807, 2.05) is 31.2 Å². The summed E-state index contributed by atoms with van der Waals surface area (Å²) in [5.74, 6) is 0. The summed E-state index contributed by atoms with van der Waals surface area (Å²) in [5, 5.41) is 2.13. The average molecular weight is 282 g/mol. The predicted octanol–water partition coefficient (Wildman–Crippen LogP) is 3.31. The monoisotopic (exact) mass is 282 g/mol. The quantitative estimate of drug-likeness (QED) is 0.810. The minimum absolute atomic E-state index is 0.0467. The molecule has 1 aliphatic rings. The van der Waals surface area contributed by atoms with Crippen molar-refractivity contribution in [3.05, 3.63) is 71.2 Å². The Labute approximate surface area is 122 Å². The van der Waals surface area contributed by atoms with Gasteiger partial charge >= 0.3 is 0 Å². The van der Waals surface area contributed by atoms with Gasteiger partial charge in [0.05, 0.1) is 10.7 Å². The van der Waals surface area contributed by atoms with E-state index < -0.39 is 5.41 Å². The molecule has 3 rings (SSSR count). The van der Waals surface area contributed by atoms with Gasteiger partial charge in [0.2, 0.25) is 0 Å². The molecule has 0 aromatic carbocycles. The van der Waals surface area contributed by atoms with Gasteiger partial charge in [-0.25, -0.2) is 0 Å². The highest BCUT2D eigenvalue weighted by Crippen LogP contribution is 2.55. The molecule has 0 amide bonds. The molecule has 0 saturated carbocycles. The van der Waals surface area contributed by atoms with Crippen LogP contribution in [0.25, 0.3) is 0 Å². The molecule has 2 aromatic rings. The third kappa shape index (κ3) is 1.88. The fourth-order valence-electron chi connectivity index (χ4n) is 2.69. The van der Waals surface area contributed by atoms with Crippen LogP contribution in [0.5, 0.6) is 0 Å². The van der Waals surface area contributed by atoms with E-state index in [2.05, 4.69) is 15.4 Å². The Morgan fingerprint density at radius 3 is 2.30 bits per heavy atom. The summed E-state index contributed by atoms with van der Waals surface area (Å²) in [4.78, 5) is 20.1. The Hall–Kier alpha value is -1.94. The van der Waals surface area contributed by atoms with Gasteiger partial charge in [0.1, 0.15) is 6.29 Å². The number of rotatable bonds is 3. The van der Waals surface area contributed by atoms with E-state index >= 15 is 0 Å². The lowest BCUT2D eigenvalue weighted by atomic mass is 9.72. The summed E-state index contributed by atoms with van der Waals surface area (Å²) in [6.45, 7) is 2.02. The van der Waals surface area contributed by atoms with Crippen LogP contribution in [0.1, 0.15) is 23.3 Å². The highest BCUT2D eigenvalue weighted by atomic mass is 32.2. The molecule has 0 bridgehead atoms. The largest absolute Gasteiger partial charge is 0.302 e. The Morgan fingerprint density at radius 2 is 1.70 bits per heavy atom. The molecule has 3 nitrogen and oxygen atoms in total. The van der Waals surface area contributed by atoms with Gasteiger partial charge in [0, 0.05) is 24.8 Å². The fraction of sp³-hybridized carbons (Fsp3) is 0.188. The first-order chi connectivity index (χ1) is 9.79. The van der Waals surface area contributed by atoms with Crippen LogP contribution in [0.4, 0.5) is 0 Å². The van der Waals surface area contributed by atoms with E-state index in [0.29, 0.717) is 0 Å². The standard InChI is InChI=1S/C16H14N2OS/c1-12-10-20-15(13-2-6-17-7-3-13)16(12,11-19)14-4-8-18-9-5-14/h2-11,15H,1H3. The van der Waals surface area contributed by atoms with Gasteiger partial charge in [-0.15, -0.1) is 11.8 Å². The van der Waals surface area contributed by atoms with Gasteiger partial charge < -0.3 is 4.79 Å². The molecular formula is C16H14N2OS. The molecule has 0 saturated heterocycles. The maximum Gasteiger partial charge on any atom is 0.136 e. The van der Waals surface area contributed by atoms with Crippen molar-refractivity contribution in [2.45, 2.75) is 17.6 Å². The molecule has 0 N–H and O–H groups in total. The SMILES string of the molecule is CC1=CSC(c2ccncc2)C1(C=O)c1ccncc1. The van der Waals surface area contributed by atoms with E-state index in [4.69, 9.17) is 0 Å². The number of nitrogens with zero attached hydrogens (tertiary/aromatic N) is 2. The highest BCUT2D eigenvalue weighted by molar-refractivity contribution is 8.02. The number of pyridine rings is 2. The first-order valence-corrected chi connectivity index (χ1v) is 7.33. The van der Waals surface area contributed by atoms with Gasteiger partial charge in [-0.05, 0) is 53.3 Å². The van der Waals surface area contributed by atoms with Crippen LogP contribution < -0.4 is 0 Å². The molecule has 100 valence electrons. The number of thioether (sulfide) groups is 1. The summed E-state index contributed by atoms with van der Waals surface area (Å²) < 4.78 is 0. The van der Waals surface area contributed by atoms with Gasteiger partial charge in [-0.1, -0.05) is 0 Å². The third-order valence-corrected chi connectivity index (χ3v) is 5.21. The van der Waals surface area contributed by atoms with Crippen molar-refractivity contribution < 1.29 is 4.79 Å².